The Morgan fingerprint density at radius 3 is 2.41 bits per heavy atom. The quantitative estimate of drug-likeness (QED) is 0.745. The molecule has 0 aliphatic heterocycles. The molecular weight excluding hydrogens is 391 g/mol. The van der Waals surface area contributed by atoms with E-state index in [1.807, 2.05) is 13.0 Å². The summed E-state index contributed by atoms with van der Waals surface area (Å²) >= 11 is 0. The lowest BCUT2D eigenvalue weighted by atomic mass is 10.0. The van der Waals surface area contributed by atoms with E-state index < -0.39 is 21.9 Å². The van der Waals surface area contributed by atoms with Gasteiger partial charge in [0.1, 0.15) is 11.9 Å². The molecule has 0 saturated carbocycles. The van der Waals surface area contributed by atoms with E-state index in [1.165, 1.54) is 35.4 Å². The molecule has 1 aliphatic carbocycles. The summed E-state index contributed by atoms with van der Waals surface area (Å²) in [4.78, 5) is 13.0. The molecule has 1 aliphatic rings. The van der Waals surface area contributed by atoms with Crippen molar-refractivity contribution in [3.63, 3.8) is 0 Å². The van der Waals surface area contributed by atoms with Crippen LogP contribution in [0.5, 0.6) is 0 Å². The molecule has 7 heteroatoms. The third-order valence-corrected chi connectivity index (χ3v) is 6.57. The van der Waals surface area contributed by atoms with Crippen molar-refractivity contribution < 1.29 is 17.6 Å². The molecule has 5 nitrogen and oxygen atoms in total. The fraction of sp³-hybridized carbons (Fsp3) is 0.409. The third-order valence-electron chi connectivity index (χ3n) is 5.39. The number of anilines is 1. The predicted molar refractivity (Wildman–Crippen MR) is 113 cm³/mol. The number of carbonyl (C=O) groups excluding carboxylic acids is 1. The molecule has 0 radical (unpaired) electrons. The summed E-state index contributed by atoms with van der Waals surface area (Å²) in [5.41, 5.74) is 3.95. The Bertz CT molecular complexity index is 990. The number of hydrogen-bond acceptors (Lipinski definition) is 3. The largest absolute Gasteiger partial charge is 0.348 e. The second-order valence-electron chi connectivity index (χ2n) is 7.57. The molecule has 0 spiro atoms. The molecular formula is C22H27FN2O3S. The standard InChI is InChI=1S/C22H27FN2O3S/c1-4-21(25(29(3,27)28)20-12-10-19(23)11-13-20)22(26)24-15(2)17-9-8-16-6-5-7-18(16)14-17/h8-15,21H,4-7H2,1-3H3,(H,24,26)/t15-,21+/m1/s1. The van der Waals surface area contributed by atoms with Gasteiger partial charge in [-0.2, -0.15) is 0 Å². The number of carbonyl (C=O) groups is 1. The molecule has 2 atom stereocenters. The maximum absolute atomic E-state index is 13.3. The zero-order valence-electron chi connectivity index (χ0n) is 17.0. The molecule has 0 unspecified atom stereocenters. The van der Waals surface area contributed by atoms with Gasteiger partial charge in [0.2, 0.25) is 15.9 Å². The Labute approximate surface area is 172 Å². The first kappa shape index (κ1) is 21.3. The van der Waals surface area contributed by atoms with Gasteiger partial charge in [-0.05, 0) is 73.6 Å². The Morgan fingerprint density at radius 2 is 1.79 bits per heavy atom. The highest BCUT2D eigenvalue weighted by Crippen LogP contribution is 2.26. The zero-order chi connectivity index (χ0) is 21.2. The van der Waals surface area contributed by atoms with Crippen LogP contribution in [0.25, 0.3) is 0 Å². The van der Waals surface area contributed by atoms with E-state index in [0.717, 1.165) is 35.4 Å². The summed E-state index contributed by atoms with van der Waals surface area (Å²) in [7, 11) is -3.75. The van der Waals surface area contributed by atoms with Gasteiger partial charge < -0.3 is 5.32 Å². The molecule has 2 aromatic carbocycles. The van der Waals surface area contributed by atoms with Crippen molar-refractivity contribution in [1.29, 1.82) is 0 Å². The van der Waals surface area contributed by atoms with E-state index in [0.29, 0.717) is 0 Å². The number of benzene rings is 2. The molecule has 0 saturated heterocycles. The molecule has 0 aromatic heterocycles. The van der Waals surface area contributed by atoms with Crippen molar-refractivity contribution in [3.05, 3.63) is 65.0 Å². The highest BCUT2D eigenvalue weighted by Gasteiger charge is 2.32. The van der Waals surface area contributed by atoms with Crippen LogP contribution in [0.4, 0.5) is 10.1 Å². The molecule has 1 amide bonds. The SMILES string of the molecule is CC[C@@H](C(=O)N[C@H](C)c1ccc2c(c1)CCC2)N(c1ccc(F)cc1)S(C)(=O)=O. The first-order valence-corrected chi connectivity index (χ1v) is 11.7. The van der Waals surface area contributed by atoms with Gasteiger partial charge in [0.05, 0.1) is 18.0 Å². The van der Waals surface area contributed by atoms with Crippen LogP contribution < -0.4 is 9.62 Å². The monoisotopic (exact) mass is 418 g/mol. The Balaban J connectivity index is 1.83. The lowest BCUT2D eigenvalue weighted by Gasteiger charge is -2.31. The Kier molecular flexibility index (Phi) is 6.27. The van der Waals surface area contributed by atoms with Gasteiger partial charge >= 0.3 is 0 Å². The van der Waals surface area contributed by atoms with Gasteiger partial charge in [0, 0.05) is 0 Å². The second kappa shape index (κ2) is 8.53. The minimum Gasteiger partial charge on any atom is -0.348 e. The van der Waals surface area contributed by atoms with Gasteiger partial charge in [0.15, 0.2) is 0 Å². The van der Waals surface area contributed by atoms with Crippen molar-refractivity contribution >= 4 is 21.6 Å². The van der Waals surface area contributed by atoms with Gasteiger partial charge in [-0.25, -0.2) is 12.8 Å². The van der Waals surface area contributed by atoms with Crippen molar-refractivity contribution in [2.24, 2.45) is 0 Å². The van der Waals surface area contributed by atoms with Gasteiger partial charge in [-0.15, -0.1) is 0 Å². The first-order chi connectivity index (χ1) is 13.7. The maximum Gasteiger partial charge on any atom is 0.244 e. The second-order valence-corrected chi connectivity index (χ2v) is 9.43. The van der Waals surface area contributed by atoms with Crippen molar-refractivity contribution in [3.8, 4) is 0 Å². The average Bonchev–Trinajstić information content (AvgIpc) is 3.13. The molecule has 2 aromatic rings. The van der Waals surface area contributed by atoms with E-state index in [1.54, 1.807) is 6.92 Å². The number of hydrogen-bond donors (Lipinski definition) is 1. The van der Waals surface area contributed by atoms with Crippen LogP contribution in [-0.4, -0.2) is 26.6 Å². The molecule has 156 valence electrons. The van der Waals surface area contributed by atoms with E-state index in [-0.39, 0.29) is 24.1 Å². The molecule has 0 bridgehead atoms. The number of aryl methyl sites for hydroxylation is 2. The van der Waals surface area contributed by atoms with Crippen LogP contribution in [-0.2, 0) is 27.7 Å². The van der Waals surface area contributed by atoms with Crippen molar-refractivity contribution in [2.45, 2.75) is 51.6 Å². The fourth-order valence-electron chi connectivity index (χ4n) is 3.90. The minimum absolute atomic E-state index is 0.253. The van der Waals surface area contributed by atoms with Gasteiger partial charge in [0.25, 0.3) is 0 Å². The number of halogens is 1. The summed E-state index contributed by atoms with van der Waals surface area (Å²) in [6.45, 7) is 3.65. The van der Waals surface area contributed by atoms with E-state index in [2.05, 4.69) is 17.4 Å². The topological polar surface area (TPSA) is 66.5 Å². The molecule has 0 heterocycles. The van der Waals surface area contributed by atoms with Crippen LogP contribution in [0.2, 0.25) is 0 Å². The minimum atomic E-state index is -3.75. The molecule has 29 heavy (non-hydrogen) atoms. The van der Waals surface area contributed by atoms with E-state index in [9.17, 15) is 17.6 Å². The van der Waals surface area contributed by atoms with Crippen LogP contribution >= 0.6 is 0 Å². The van der Waals surface area contributed by atoms with E-state index >= 15 is 0 Å². The number of nitrogens with zero attached hydrogens (tertiary/aromatic N) is 1. The van der Waals surface area contributed by atoms with Crippen LogP contribution in [0, 0.1) is 5.82 Å². The lowest BCUT2D eigenvalue weighted by molar-refractivity contribution is -0.122. The number of fused-ring (bicyclic) bond motifs is 1. The smallest absolute Gasteiger partial charge is 0.244 e. The van der Waals surface area contributed by atoms with Gasteiger partial charge in [-0.3, -0.25) is 9.10 Å². The number of nitrogens with one attached hydrogen (secondary N) is 1. The number of amides is 1. The number of sulfonamides is 1. The maximum atomic E-state index is 13.3. The first-order valence-electron chi connectivity index (χ1n) is 9.87. The third kappa shape index (κ3) is 4.78. The summed E-state index contributed by atoms with van der Waals surface area (Å²) in [5.74, 6) is -0.847. The van der Waals surface area contributed by atoms with E-state index in [4.69, 9.17) is 0 Å². The fourth-order valence-corrected chi connectivity index (χ4v) is 5.11. The van der Waals surface area contributed by atoms with Crippen molar-refractivity contribution in [2.75, 3.05) is 10.6 Å². The normalized spacial score (nSPS) is 15.4. The molecule has 1 N–H and O–H groups in total. The Hall–Kier alpha value is -2.41. The highest BCUT2D eigenvalue weighted by molar-refractivity contribution is 7.92. The summed E-state index contributed by atoms with van der Waals surface area (Å²) in [6.07, 6.45) is 4.63. The highest BCUT2D eigenvalue weighted by atomic mass is 32.2. The van der Waals surface area contributed by atoms with Crippen molar-refractivity contribution in [1.82, 2.24) is 5.32 Å². The summed E-state index contributed by atoms with van der Waals surface area (Å²) in [5, 5.41) is 2.95. The summed E-state index contributed by atoms with van der Waals surface area (Å²) in [6, 6.07) is 10.2. The van der Waals surface area contributed by atoms with Crippen LogP contribution in [0.1, 0.15) is 49.4 Å². The average molecular weight is 419 g/mol. The molecule has 3 rings (SSSR count). The number of rotatable bonds is 7. The summed E-state index contributed by atoms with van der Waals surface area (Å²) < 4.78 is 39.3. The Morgan fingerprint density at radius 1 is 1.14 bits per heavy atom. The van der Waals surface area contributed by atoms with Crippen LogP contribution in [0.15, 0.2) is 42.5 Å². The zero-order valence-corrected chi connectivity index (χ0v) is 17.8. The predicted octanol–water partition coefficient (Wildman–Crippen LogP) is 3.74. The lowest BCUT2D eigenvalue weighted by Crippen LogP contribution is -2.49. The van der Waals surface area contributed by atoms with Crippen LogP contribution in [0.3, 0.4) is 0 Å². The molecule has 0 fully saturated rings. The van der Waals surface area contributed by atoms with Gasteiger partial charge in [-0.1, -0.05) is 25.1 Å².